The number of hydrogen-bond acceptors (Lipinski definition) is 2. The first kappa shape index (κ1) is 11.5. The van der Waals surface area contributed by atoms with Gasteiger partial charge in [-0.1, -0.05) is 18.6 Å². The second-order valence-electron chi connectivity index (χ2n) is 4.84. The molecule has 1 heterocycles. The van der Waals surface area contributed by atoms with E-state index in [1.54, 1.807) is 0 Å². The average molecular weight is 218 g/mol. The van der Waals surface area contributed by atoms with Crippen LogP contribution in [0.5, 0.6) is 0 Å². The molecule has 0 atom stereocenters. The van der Waals surface area contributed by atoms with Gasteiger partial charge in [-0.15, -0.1) is 0 Å². The van der Waals surface area contributed by atoms with Crippen molar-refractivity contribution in [2.45, 2.75) is 32.6 Å². The first-order valence-corrected chi connectivity index (χ1v) is 6.33. The van der Waals surface area contributed by atoms with Crippen molar-refractivity contribution in [3.05, 3.63) is 29.3 Å². The van der Waals surface area contributed by atoms with Crippen molar-refractivity contribution in [1.82, 2.24) is 4.90 Å². The maximum atomic E-state index is 5.82. The third kappa shape index (κ3) is 2.99. The highest BCUT2D eigenvalue weighted by atomic mass is 15.1. The van der Waals surface area contributed by atoms with Crippen LogP contribution in [-0.4, -0.2) is 24.5 Å². The third-order valence-electron chi connectivity index (χ3n) is 3.50. The molecule has 1 aliphatic rings. The van der Waals surface area contributed by atoms with Gasteiger partial charge in [0.2, 0.25) is 0 Å². The van der Waals surface area contributed by atoms with Crippen LogP contribution in [-0.2, 0) is 6.42 Å². The van der Waals surface area contributed by atoms with E-state index in [1.807, 2.05) is 6.07 Å². The maximum Gasteiger partial charge on any atom is 0.0343 e. The topological polar surface area (TPSA) is 29.3 Å². The van der Waals surface area contributed by atoms with Crippen LogP contribution >= 0.6 is 0 Å². The van der Waals surface area contributed by atoms with E-state index in [2.05, 4.69) is 24.0 Å². The maximum absolute atomic E-state index is 5.82. The van der Waals surface area contributed by atoms with Gasteiger partial charge < -0.3 is 10.6 Å². The van der Waals surface area contributed by atoms with Crippen LogP contribution in [0.2, 0.25) is 0 Å². The molecule has 0 aromatic heterocycles. The predicted molar refractivity (Wildman–Crippen MR) is 69.6 cm³/mol. The van der Waals surface area contributed by atoms with Crippen molar-refractivity contribution in [2.24, 2.45) is 0 Å². The molecule has 1 aliphatic heterocycles. The van der Waals surface area contributed by atoms with Crippen LogP contribution in [0.25, 0.3) is 0 Å². The van der Waals surface area contributed by atoms with E-state index >= 15 is 0 Å². The van der Waals surface area contributed by atoms with Crippen molar-refractivity contribution >= 4 is 5.69 Å². The molecule has 0 aliphatic carbocycles. The first-order chi connectivity index (χ1) is 7.75. The molecule has 0 radical (unpaired) electrons. The van der Waals surface area contributed by atoms with E-state index in [0.29, 0.717) is 0 Å². The molecular formula is C14H22N2. The van der Waals surface area contributed by atoms with Gasteiger partial charge >= 0.3 is 0 Å². The lowest BCUT2D eigenvalue weighted by Crippen LogP contribution is -2.31. The van der Waals surface area contributed by atoms with Gasteiger partial charge in [0.25, 0.3) is 0 Å². The van der Waals surface area contributed by atoms with Crippen LogP contribution in [0.15, 0.2) is 18.2 Å². The summed E-state index contributed by atoms with van der Waals surface area (Å²) in [6.45, 7) is 5.85. The summed E-state index contributed by atoms with van der Waals surface area (Å²) in [6, 6.07) is 6.41. The van der Waals surface area contributed by atoms with Crippen LogP contribution in [0, 0.1) is 6.92 Å². The quantitative estimate of drug-likeness (QED) is 0.790. The molecule has 2 heteroatoms. The molecule has 2 nitrogen and oxygen atoms in total. The first-order valence-electron chi connectivity index (χ1n) is 6.33. The summed E-state index contributed by atoms with van der Waals surface area (Å²) in [5.41, 5.74) is 9.34. The molecule has 0 unspecified atom stereocenters. The van der Waals surface area contributed by atoms with Crippen molar-refractivity contribution in [3.63, 3.8) is 0 Å². The fourth-order valence-corrected chi connectivity index (χ4v) is 2.36. The Balaban J connectivity index is 1.86. The Morgan fingerprint density at radius 3 is 2.62 bits per heavy atom. The minimum atomic E-state index is 0.904. The number of anilines is 1. The van der Waals surface area contributed by atoms with Crippen molar-refractivity contribution in [3.8, 4) is 0 Å². The Morgan fingerprint density at radius 2 is 1.94 bits per heavy atom. The second-order valence-corrected chi connectivity index (χ2v) is 4.84. The number of piperidine rings is 1. The molecule has 1 aromatic rings. The third-order valence-corrected chi connectivity index (χ3v) is 3.50. The van der Waals surface area contributed by atoms with Crippen LogP contribution in [0.4, 0.5) is 5.69 Å². The average Bonchev–Trinajstić information content (AvgIpc) is 2.32. The smallest absolute Gasteiger partial charge is 0.0343 e. The minimum absolute atomic E-state index is 0.904. The zero-order valence-corrected chi connectivity index (χ0v) is 10.2. The van der Waals surface area contributed by atoms with Gasteiger partial charge in [-0.2, -0.15) is 0 Å². The molecule has 2 N–H and O–H groups in total. The largest absolute Gasteiger partial charge is 0.399 e. The Hall–Kier alpha value is -1.02. The normalized spacial score (nSPS) is 17.6. The highest BCUT2D eigenvalue weighted by Gasteiger charge is 2.09. The Labute approximate surface area is 98.4 Å². The highest BCUT2D eigenvalue weighted by molar-refractivity contribution is 5.47. The molecule has 0 amide bonds. The van der Waals surface area contributed by atoms with E-state index in [9.17, 15) is 0 Å². The second kappa shape index (κ2) is 5.35. The highest BCUT2D eigenvalue weighted by Crippen LogP contribution is 2.14. The molecule has 1 saturated heterocycles. The zero-order chi connectivity index (χ0) is 11.4. The van der Waals surface area contributed by atoms with Gasteiger partial charge in [-0.05, 0) is 56.5 Å². The van der Waals surface area contributed by atoms with E-state index < -0.39 is 0 Å². The lowest BCUT2D eigenvalue weighted by molar-refractivity contribution is 0.231. The van der Waals surface area contributed by atoms with Gasteiger partial charge in [-0.3, -0.25) is 0 Å². The van der Waals surface area contributed by atoms with Crippen LogP contribution in [0.1, 0.15) is 30.4 Å². The summed E-state index contributed by atoms with van der Waals surface area (Å²) >= 11 is 0. The molecular weight excluding hydrogens is 196 g/mol. The number of benzene rings is 1. The minimum Gasteiger partial charge on any atom is -0.399 e. The molecule has 0 saturated carbocycles. The Morgan fingerprint density at radius 1 is 1.19 bits per heavy atom. The van der Waals surface area contributed by atoms with E-state index in [1.165, 1.54) is 50.0 Å². The van der Waals surface area contributed by atoms with Crippen LogP contribution in [0.3, 0.4) is 0 Å². The zero-order valence-electron chi connectivity index (χ0n) is 10.2. The lowest BCUT2D eigenvalue weighted by atomic mass is 10.1. The number of rotatable bonds is 3. The lowest BCUT2D eigenvalue weighted by Gasteiger charge is -2.26. The SMILES string of the molecule is Cc1cc(CCN2CCCCC2)ccc1N. The number of nitrogens with zero attached hydrogens (tertiary/aromatic N) is 1. The van der Waals surface area contributed by atoms with E-state index in [4.69, 9.17) is 5.73 Å². The standard InChI is InChI=1S/C14H22N2/c1-12-11-13(5-6-14(12)15)7-10-16-8-3-2-4-9-16/h5-6,11H,2-4,7-10,15H2,1H3. The van der Waals surface area contributed by atoms with Crippen LogP contribution < -0.4 is 5.73 Å². The molecule has 1 aromatic carbocycles. The monoisotopic (exact) mass is 218 g/mol. The Kier molecular flexibility index (Phi) is 3.83. The molecule has 16 heavy (non-hydrogen) atoms. The van der Waals surface area contributed by atoms with Gasteiger partial charge in [0.15, 0.2) is 0 Å². The number of hydrogen-bond donors (Lipinski definition) is 1. The van der Waals surface area contributed by atoms with E-state index in [0.717, 1.165) is 12.1 Å². The van der Waals surface area contributed by atoms with Gasteiger partial charge in [0.1, 0.15) is 0 Å². The van der Waals surface area contributed by atoms with Gasteiger partial charge in [-0.25, -0.2) is 0 Å². The summed E-state index contributed by atoms with van der Waals surface area (Å²) in [6.07, 6.45) is 5.32. The summed E-state index contributed by atoms with van der Waals surface area (Å²) in [4.78, 5) is 2.58. The number of nitrogens with two attached hydrogens (primary N) is 1. The molecule has 2 rings (SSSR count). The number of likely N-dealkylation sites (tertiary alicyclic amines) is 1. The fourth-order valence-electron chi connectivity index (χ4n) is 2.36. The fraction of sp³-hybridized carbons (Fsp3) is 0.571. The van der Waals surface area contributed by atoms with Gasteiger partial charge in [0.05, 0.1) is 0 Å². The van der Waals surface area contributed by atoms with Crippen molar-refractivity contribution in [1.29, 1.82) is 0 Å². The summed E-state index contributed by atoms with van der Waals surface area (Å²) in [7, 11) is 0. The summed E-state index contributed by atoms with van der Waals surface area (Å²) in [5, 5.41) is 0. The summed E-state index contributed by atoms with van der Waals surface area (Å²) in [5.74, 6) is 0. The Bertz CT molecular complexity index is 341. The molecule has 1 fully saturated rings. The molecule has 0 spiro atoms. The molecule has 88 valence electrons. The molecule has 0 bridgehead atoms. The number of aryl methyl sites for hydroxylation is 1. The van der Waals surface area contributed by atoms with Crippen molar-refractivity contribution < 1.29 is 0 Å². The van der Waals surface area contributed by atoms with Gasteiger partial charge in [0, 0.05) is 12.2 Å². The number of nitrogen functional groups attached to an aromatic ring is 1. The predicted octanol–water partition coefficient (Wildman–Crippen LogP) is 2.61. The van der Waals surface area contributed by atoms with E-state index in [-0.39, 0.29) is 0 Å². The van der Waals surface area contributed by atoms with Crippen molar-refractivity contribution in [2.75, 3.05) is 25.4 Å². The summed E-state index contributed by atoms with van der Waals surface area (Å²) < 4.78 is 0.